The zero-order chi connectivity index (χ0) is 17.2. The standard InChI is InChI=1S/C19H26N4O2.ClH/c24-18(23-9-7-15-4-1-2-6-17(15)23)14-21-10-12-22(13-11-21)19(25)16-5-3-8-20-16;/h1-2,4,6,16,20H,3,5,7-14H2;1H/t16-;/m0./s1. The lowest BCUT2D eigenvalue weighted by molar-refractivity contribution is -0.135. The van der Waals surface area contributed by atoms with E-state index in [2.05, 4.69) is 16.3 Å². The SMILES string of the molecule is Cl.O=C([C@@H]1CCCN1)N1CCN(CC(=O)N2CCc3ccccc32)CC1. The van der Waals surface area contributed by atoms with Crippen LogP contribution in [0.1, 0.15) is 18.4 Å². The van der Waals surface area contributed by atoms with Crippen LogP contribution in [0.2, 0.25) is 0 Å². The van der Waals surface area contributed by atoms with E-state index < -0.39 is 0 Å². The number of amides is 2. The van der Waals surface area contributed by atoms with E-state index in [-0.39, 0.29) is 30.3 Å². The molecule has 1 N–H and O–H groups in total. The van der Waals surface area contributed by atoms with Gasteiger partial charge in [0.25, 0.3) is 0 Å². The molecular weight excluding hydrogens is 352 g/mol. The fourth-order valence-electron chi connectivity index (χ4n) is 4.12. The Morgan fingerprint density at radius 2 is 1.85 bits per heavy atom. The largest absolute Gasteiger partial charge is 0.339 e. The first-order valence-corrected chi connectivity index (χ1v) is 9.35. The molecule has 6 nitrogen and oxygen atoms in total. The number of carbonyl (C=O) groups is 2. The van der Waals surface area contributed by atoms with Crippen LogP contribution in [0.5, 0.6) is 0 Å². The van der Waals surface area contributed by atoms with Crippen molar-refractivity contribution in [2.45, 2.75) is 25.3 Å². The number of nitrogens with one attached hydrogen (secondary N) is 1. The molecule has 3 heterocycles. The van der Waals surface area contributed by atoms with Crippen LogP contribution in [0, 0.1) is 0 Å². The third-order valence-electron chi connectivity index (χ3n) is 5.59. The molecule has 0 radical (unpaired) electrons. The van der Waals surface area contributed by atoms with Crippen molar-refractivity contribution in [1.82, 2.24) is 15.1 Å². The molecule has 2 amide bonds. The monoisotopic (exact) mass is 378 g/mol. The van der Waals surface area contributed by atoms with E-state index in [1.165, 1.54) is 5.56 Å². The van der Waals surface area contributed by atoms with E-state index in [1.54, 1.807) is 0 Å². The van der Waals surface area contributed by atoms with Gasteiger partial charge in [0.05, 0.1) is 12.6 Å². The molecule has 0 unspecified atom stereocenters. The van der Waals surface area contributed by atoms with Gasteiger partial charge in [-0.3, -0.25) is 14.5 Å². The van der Waals surface area contributed by atoms with Crippen LogP contribution >= 0.6 is 12.4 Å². The molecule has 2 saturated heterocycles. The maximum atomic E-state index is 12.7. The Morgan fingerprint density at radius 1 is 1.08 bits per heavy atom. The minimum absolute atomic E-state index is 0. The van der Waals surface area contributed by atoms with Crippen LogP contribution in [0.4, 0.5) is 5.69 Å². The van der Waals surface area contributed by atoms with E-state index in [4.69, 9.17) is 0 Å². The van der Waals surface area contributed by atoms with Crippen LogP contribution in [-0.2, 0) is 16.0 Å². The van der Waals surface area contributed by atoms with Crippen LogP contribution in [0.3, 0.4) is 0 Å². The van der Waals surface area contributed by atoms with Crippen molar-refractivity contribution in [2.75, 3.05) is 50.7 Å². The molecule has 3 aliphatic heterocycles. The van der Waals surface area contributed by atoms with Gasteiger partial charge < -0.3 is 15.1 Å². The number of benzene rings is 1. The summed E-state index contributed by atoms with van der Waals surface area (Å²) in [5.41, 5.74) is 2.32. The quantitative estimate of drug-likeness (QED) is 0.848. The molecule has 2 fully saturated rings. The highest BCUT2D eigenvalue weighted by Crippen LogP contribution is 2.27. The van der Waals surface area contributed by atoms with Crippen LogP contribution in [0.15, 0.2) is 24.3 Å². The molecule has 0 spiro atoms. The number of carbonyl (C=O) groups excluding carboxylic acids is 2. The van der Waals surface area contributed by atoms with Crippen molar-refractivity contribution < 1.29 is 9.59 Å². The van der Waals surface area contributed by atoms with E-state index in [0.29, 0.717) is 6.54 Å². The summed E-state index contributed by atoms with van der Waals surface area (Å²) in [6.45, 7) is 5.17. The van der Waals surface area contributed by atoms with Crippen molar-refractivity contribution >= 4 is 29.9 Å². The molecule has 0 bridgehead atoms. The first-order valence-electron chi connectivity index (χ1n) is 9.35. The molecule has 0 aromatic heterocycles. The molecule has 7 heteroatoms. The van der Waals surface area contributed by atoms with Crippen LogP contribution in [0.25, 0.3) is 0 Å². The second-order valence-corrected chi connectivity index (χ2v) is 7.17. The highest BCUT2D eigenvalue weighted by Gasteiger charge is 2.31. The number of rotatable bonds is 3. The number of piperazine rings is 1. The predicted octanol–water partition coefficient (Wildman–Crippen LogP) is 0.894. The summed E-state index contributed by atoms with van der Waals surface area (Å²) in [5, 5.41) is 3.28. The molecule has 1 aromatic carbocycles. The lowest BCUT2D eigenvalue weighted by atomic mass is 10.2. The molecule has 0 aliphatic carbocycles. The fourth-order valence-corrected chi connectivity index (χ4v) is 4.12. The summed E-state index contributed by atoms with van der Waals surface area (Å²) in [7, 11) is 0. The van der Waals surface area contributed by atoms with Crippen molar-refractivity contribution in [3.8, 4) is 0 Å². The van der Waals surface area contributed by atoms with Gasteiger partial charge >= 0.3 is 0 Å². The lowest BCUT2D eigenvalue weighted by Crippen LogP contribution is -2.54. The Balaban J connectivity index is 0.00000196. The van der Waals surface area contributed by atoms with Crippen molar-refractivity contribution in [3.63, 3.8) is 0 Å². The Morgan fingerprint density at radius 3 is 2.58 bits per heavy atom. The van der Waals surface area contributed by atoms with Gasteiger partial charge in [-0.1, -0.05) is 18.2 Å². The zero-order valence-electron chi connectivity index (χ0n) is 15.0. The van der Waals surface area contributed by atoms with Crippen molar-refractivity contribution in [3.05, 3.63) is 29.8 Å². The van der Waals surface area contributed by atoms with Gasteiger partial charge in [0.1, 0.15) is 0 Å². The number of fused-ring (bicyclic) bond motifs is 1. The maximum Gasteiger partial charge on any atom is 0.241 e. The molecule has 0 saturated carbocycles. The van der Waals surface area contributed by atoms with Gasteiger partial charge in [-0.25, -0.2) is 0 Å². The van der Waals surface area contributed by atoms with Crippen LogP contribution in [-0.4, -0.2) is 73.5 Å². The number of hydrogen-bond donors (Lipinski definition) is 1. The third-order valence-corrected chi connectivity index (χ3v) is 5.59. The average molecular weight is 379 g/mol. The first-order chi connectivity index (χ1) is 12.2. The summed E-state index contributed by atoms with van der Waals surface area (Å²) >= 11 is 0. The molecule has 26 heavy (non-hydrogen) atoms. The predicted molar refractivity (Wildman–Crippen MR) is 104 cm³/mol. The molecular formula is C19H27ClN4O2. The Kier molecular flexibility index (Phi) is 6.16. The van der Waals surface area contributed by atoms with E-state index in [0.717, 1.165) is 64.2 Å². The Labute approximate surface area is 160 Å². The van der Waals surface area contributed by atoms with E-state index >= 15 is 0 Å². The topological polar surface area (TPSA) is 55.9 Å². The summed E-state index contributed by atoms with van der Waals surface area (Å²) in [6.07, 6.45) is 2.98. The van der Waals surface area contributed by atoms with Gasteiger partial charge in [-0.05, 0) is 37.4 Å². The summed E-state index contributed by atoms with van der Waals surface area (Å²) in [6, 6.07) is 8.16. The molecule has 3 aliphatic rings. The summed E-state index contributed by atoms with van der Waals surface area (Å²) < 4.78 is 0. The number of halogens is 1. The molecule has 4 rings (SSSR count). The van der Waals surface area contributed by atoms with Crippen molar-refractivity contribution in [1.29, 1.82) is 0 Å². The van der Waals surface area contributed by atoms with Gasteiger partial charge in [-0.15, -0.1) is 12.4 Å². The second-order valence-electron chi connectivity index (χ2n) is 7.17. The number of hydrogen-bond acceptors (Lipinski definition) is 4. The fraction of sp³-hybridized carbons (Fsp3) is 0.579. The van der Waals surface area contributed by atoms with Gasteiger partial charge in [0.2, 0.25) is 11.8 Å². The van der Waals surface area contributed by atoms with E-state index in [9.17, 15) is 9.59 Å². The number of para-hydroxylation sites is 1. The minimum atomic E-state index is 0. The molecule has 1 atom stereocenters. The number of nitrogens with zero attached hydrogens (tertiary/aromatic N) is 3. The normalized spacial score (nSPS) is 22.8. The lowest BCUT2D eigenvalue weighted by Gasteiger charge is -2.36. The van der Waals surface area contributed by atoms with Gasteiger partial charge in [0, 0.05) is 38.4 Å². The van der Waals surface area contributed by atoms with Crippen molar-refractivity contribution in [2.24, 2.45) is 0 Å². The van der Waals surface area contributed by atoms with Crippen LogP contribution < -0.4 is 10.2 Å². The minimum Gasteiger partial charge on any atom is -0.339 e. The third kappa shape index (κ3) is 3.87. The average Bonchev–Trinajstić information content (AvgIpc) is 3.31. The number of anilines is 1. The smallest absolute Gasteiger partial charge is 0.241 e. The first kappa shape index (κ1) is 19.1. The maximum absolute atomic E-state index is 12.7. The van der Waals surface area contributed by atoms with Gasteiger partial charge in [-0.2, -0.15) is 0 Å². The summed E-state index contributed by atoms with van der Waals surface area (Å²) in [5.74, 6) is 0.402. The highest BCUT2D eigenvalue weighted by molar-refractivity contribution is 5.96. The Bertz CT molecular complexity index is 655. The summed E-state index contributed by atoms with van der Waals surface area (Å²) in [4.78, 5) is 31.2. The van der Waals surface area contributed by atoms with E-state index in [1.807, 2.05) is 28.0 Å². The molecule has 1 aromatic rings. The molecule has 142 valence electrons. The van der Waals surface area contributed by atoms with Gasteiger partial charge in [0.15, 0.2) is 0 Å². The highest BCUT2D eigenvalue weighted by atomic mass is 35.5. The Hall–Kier alpha value is -1.63. The zero-order valence-corrected chi connectivity index (χ0v) is 15.8. The second kappa shape index (κ2) is 8.37.